The van der Waals surface area contributed by atoms with Crippen molar-refractivity contribution in [2.24, 2.45) is 11.8 Å². The molecule has 1 aromatic heterocycles. The smallest absolute Gasteiger partial charge is 0.242 e. The summed E-state index contributed by atoms with van der Waals surface area (Å²) < 4.78 is 29.7. The first-order chi connectivity index (χ1) is 9.85. The van der Waals surface area contributed by atoms with E-state index in [1.807, 2.05) is 7.05 Å². The molecule has 0 bridgehead atoms. The Kier molecular flexibility index (Phi) is 5.11. The number of nitrogens with one attached hydrogen (secondary N) is 2. The van der Waals surface area contributed by atoms with Crippen molar-refractivity contribution in [3.8, 4) is 0 Å². The Hall–Kier alpha value is -0.850. The lowest BCUT2D eigenvalue weighted by Crippen LogP contribution is -2.30. The van der Waals surface area contributed by atoms with Gasteiger partial charge < -0.3 is 9.88 Å². The van der Waals surface area contributed by atoms with Gasteiger partial charge in [0.05, 0.1) is 4.90 Å². The van der Waals surface area contributed by atoms with E-state index in [0.29, 0.717) is 35.9 Å². The van der Waals surface area contributed by atoms with E-state index in [2.05, 4.69) is 35.4 Å². The van der Waals surface area contributed by atoms with Crippen LogP contribution in [0.2, 0.25) is 0 Å². The SMILES string of the molecule is CNCc1cc(S(=O)(=O)NCC(C)C(C)C)cn1C1CC1. The van der Waals surface area contributed by atoms with Crippen molar-refractivity contribution in [3.05, 3.63) is 18.0 Å². The van der Waals surface area contributed by atoms with Crippen LogP contribution in [0.1, 0.15) is 45.3 Å². The summed E-state index contributed by atoms with van der Waals surface area (Å²) in [7, 11) is -1.54. The van der Waals surface area contributed by atoms with Gasteiger partial charge in [0.15, 0.2) is 0 Å². The van der Waals surface area contributed by atoms with Crippen LogP contribution >= 0.6 is 0 Å². The maximum atomic E-state index is 12.4. The summed E-state index contributed by atoms with van der Waals surface area (Å²) in [6.07, 6.45) is 4.07. The molecule has 0 aromatic carbocycles. The highest BCUT2D eigenvalue weighted by Crippen LogP contribution is 2.37. The van der Waals surface area contributed by atoms with Gasteiger partial charge in [0.25, 0.3) is 0 Å². The van der Waals surface area contributed by atoms with Gasteiger partial charge in [-0.3, -0.25) is 0 Å². The summed E-state index contributed by atoms with van der Waals surface area (Å²) in [4.78, 5) is 0.385. The topological polar surface area (TPSA) is 63.1 Å². The number of nitrogens with zero attached hydrogens (tertiary/aromatic N) is 1. The lowest BCUT2D eigenvalue weighted by Gasteiger charge is -2.15. The predicted octanol–water partition coefficient (Wildman–Crippen LogP) is 2.11. The first-order valence-electron chi connectivity index (χ1n) is 7.70. The third kappa shape index (κ3) is 4.08. The summed E-state index contributed by atoms with van der Waals surface area (Å²) in [5, 5.41) is 3.10. The zero-order valence-corrected chi connectivity index (χ0v) is 14.2. The first-order valence-corrected chi connectivity index (χ1v) is 9.18. The van der Waals surface area contributed by atoms with Crippen molar-refractivity contribution >= 4 is 10.0 Å². The lowest BCUT2D eigenvalue weighted by atomic mass is 9.99. The highest BCUT2D eigenvalue weighted by atomic mass is 32.2. The Bertz CT molecular complexity index is 574. The zero-order chi connectivity index (χ0) is 15.6. The fraction of sp³-hybridized carbons (Fsp3) is 0.733. The zero-order valence-electron chi connectivity index (χ0n) is 13.4. The van der Waals surface area contributed by atoms with Crippen LogP contribution in [0.3, 0.4) is 0 Å². The molecule has 1 aliphatic rings. The van der Waals surface area contributed by atoms with Crippen LogP contribution in [0.25, 0.3) is 0 Å². The fourth-order valence-corrected chi connectivity index (χ4v) is 3.41. The van der Waals surface area contributed by atoms with Crippen molar-refractivity contribution in [2.45, 2.75) is 51.1 Å². The molecule has 0 radical (unpaired) electrons. The summed E-state index contributed by atoms with van der Waals surface area (Å²) in [5.41, 5.74) is 1.04. The van der Waals surface area contributed by atoms with E-state index in [1.165, 1.54) is 0 Å². The summed E-state index contributed by atoms with van der Waals surface area (Å²) in [5.74, 6) is 0.783. The minimum atomic E-state index is -3.41. The van der Waals surface area contributed by atoms with Crippen LogP contribution in [-0.2, 0) is 16.6 Å². The number of hydrogen-bond donors (Lipinski definition) is 2. The van der Waals surface area contributed by atoms with Crippen LogP contribution in [0.4, 0.5) is 0 Å². The lowest BCUT2D eigenvalue weighted by molar-refractivity contribution is 0.414. The summed E-state index contributed by atoms with van der Waals surface area (Å²) in [6, 6.07) is 2.27. The molecule has 120 valence electrons. The van der Waals surface area contributed by atoms with Gasteiger partial charge in [-0.1, -0.05) is 20.8 Å². The molecule has 1 saturated carbocycles. The van der Waals surface area contributed by atoms with E-state index in [-0.39, 0.29) is 0 Å². The standard InChI is InChI=1S/C15H27N3O2S/c1-11(2)12(3)8-17-21(19,20)15-7-14(9-16-4)18(10-15)13-5-6-13/h7,10-13,16-17H,5-6,8-9H2,1-4H3. The highest BCUT2D eigenvalue weighted by Gasteiger charge is 2.28. The predicted molar refractivity (Wildman–Crippen MR) is 84.7 cm³/mol. The van der Waals surface area contributed by atoms with Crippen molar-refractivity contribution in [2.75, 3.05) is 13.6 Å². The maximum absolute atomic E-state index is 12.4. The van der Waals surface area contributed by atoms with E-state index in [0.717, 1.165) is 18.5 Å². The first kappa shape index (κ1) is 16.5. The molecule has 0 aliphatic heterocycles. The second-order valence-corrected chi connectivity index (χ2v) is 8.18. The van der Waals surface area contributed by atoms with E-state index >= 15 is 0 Å². The third-order valence-electron chi connectivity index (χ3n) is 4.25. The monoisotopic (exact) mass is 313 g/mol. The summed E-state index contributed by atoms with van der Waals surface area (Å²) >= 11 is 0. The van der Waals surface area contributed by atoms with Gasteiger partial charge in [-0.05, 0) is 37.8 Å². The molecule has 0 saturated heterocycles. The molecule has 21 heavy (non-hydrogen) atoms. The molecular weight excluding hydrogens is 286 g/mol. The molecule has 6 heteroatoms. The van der Waals surface area contributed by atoms with Crippen LogP contribution in [0.5, 0.6) is 0 Å². The second-order valence-electron chi connectivity index (χ2n) is 6.41. The minimum Gasteiger partial charge on any atom is -0.346 e. The van der Waals surface area contributed by atoms with E-state index in [1.54, 1.807) is 12.3 Å². The van der Waals surface area contributed by atoms with Crippen LogP contribution in [0.15, 0.2) is 17.2 Å². The van der Waals surface area contributed by atoms with Crippen LogP contribution in [-0.4, -0.2) is 26.6 Å². The van der Waals surface area contributed by atoms with Gasteiger partial charge in [0.2, 0.25) is 10.0 Å². The van der Waals surface area contributed by atoms with Crippen molar-refractivity contribution in [1.29, 1.82) is 0 Å². The Balaban J connectivity index is 2.14. The Morgan fingerprint density at radius 2 is 2.00 bits per heavy atom. The fourth-order valence-electron chi connectivity index (χ4n) is 2.22. The quantitative estimate of drug-likeness (QED) is 0.772. The van der Waals surface area contributed by atoms with Gasteiger partial charge >= 0.3 is 0 Å². The average molecular weight is 313 g/mol. The molecule has 0 amide bonds. The van der Waals surface area contributed by atoms with E-state index < -0.39 is 10.0 Å². The molecule has 1 atom stereocenters. The molecule has 1 heterocycles. The minimum absolute atomic E-state index is 0.321. The van der Waals surface area contributed by atoms with E-state index in [9.17, 15) is 8.42 Å². The normalized spacial score (nSPS) is 17.4. The molecule has 1 aliphatic carbocycles. The number of aromatic nitrogens is 1. The van der Waals surface area contributed by atoms with Crippen LogP contribution in [0, 0.1) is 11.8 Å². The van der Waals surface area contributed by atoms with Crippen LogP contribution < -0.4 is 10.0 Å². The second kappa shape index (κ2) is 6.50. The van der Waals surface area contributed by atoms with Gasteiger partial charge in [0.1, 0.15) is 0 Å². The average Bonchev–Trinajstić information content (AvgIpc) is 3.17. The molecule has 1 fully saturated rings. The summed E-state index contributed by atoms with van der Waals surface area (Å²) in [6.45, 7) is 7.44. The van der Waals surface area contributed by atoms with Gasteiger partial charge in [-0.2, -0.15) is 0 Å². The maximum Gasteiger partial charge on any atom is 0.242 e. The van der Waals surface area contributed by atoms with Gasteiger partial charge in [-0.25, -0.2) is 13.1 Å². The van der Waals surface area contributed by atoms with Crippen molar-refractivity contribution < 1.29 is 8.42 Å². The number of hydrogen-bond acceptors (Lipinski definition) is 3. The molecule has 1 aromatic rings. The molecule has 1 unspecified atom stereocenters. The molecule has 5 nitrogen and oxygen atoms in total. The highest BCUT2D eigenvalue weighted by molar-refractivity contribution is 7.89. The Labute approximate surface area is 128 Å². The Morgan fingerprint density at radius 3 is 2.52 bits per heavy atom. The van der Waals surface area contributed by atoms with Crippen molar-refractivity contribution in [3.63, 3.8) is 0 Å². The van der Waals surface area contributed by atoms with Gasteiger partial charge in [-0.15, -0.1) is 0 Å². The molecule has 2 N–H and O–H groups in total. The molecular formula is C15H27N3O2S. The molecule has 2 rings (SSSR count). The largest absolute Gasteiger partial charge is 0.346 e. The Morgan fingerprint density at radius 1 is 1.33 bits per heavy atom. The van der Waals surface area contributed by atoms with Crippen molar-refractivity contribution in [1.82, 2.24) is 14.6 Å². The van der Waals surface area contributed by atoms with E-state index in [4.69, 9.17) is 0 Å². The molecule has 0 spiro atoms. The number of rotatable bonds is 8. The number of sulfonamides is 1. The third-order valence-corrected chi connectivity index (χ3v) is 5.64. The van der Waals surface area contributed by atoms with Gasteiger partial charge in [0, 0.05) is 31.0 Å².